The topological polar surface area (TPSA) is 41.7 Å². The van der Waals surface area contributed by atoms with Gasteiger partial charge in [0.2, 0.25) is 0 Å². The maximum Gasteiger partial charge on any atom is 0.119 e. The molecule has 1 saturated carbocycles. The number of ether oxygens (including phenoxy) is 1. The monoisotopic (exact) mass is 291 g/mol. The molecule has 4 nitrogen and oxygen atoms in total. The second-order valence-electron chi connectivity index (χ2n) is 6.48. The van der Waals surface area contributed by atoms with Gasteiger partial charge in [-0.15, -0.1) is 0 Å². The Kier molecular flexibility index (Phi) is 5.48. The lowest BCUT2D eigenvalue weighted by atomic mass is 9.75. The van der Waals surface area contributed by atoms with Gasteiger partial charge in [0.15, 0.2) is 0 Å². The van der Waals surface area contributed by atoms with E-state index in [0.717, 1.165) is 37.6 Å². The van der Waals surface area contributed by atoms with E-state index in [9.17, 15) is 0 Å². The van der Waals surface area contributed by atoms with E-state index in [4.69, 9.17) is 10.5 Å². The highest BCUT2D eigenvalue weighted by Gasteiger charge is 2.39. The molecular weight excluding hydrogens is 262 g/mol. The highest BCUT2D eigenvalue weighted by Crippen LogP contribution is 2.36. The molecule has 0 spiro atoms. The summed E-state index contributed by atoms with van der Waals surface area (Å²) in [5, 5.41) is 0. The van der Waals surface area contributed by atoms with E-state index in [0.29, 0.717) is 5.54 Å². The van der Waals surface area contributed by atoms with Crippen molar-refractivity contribution in [1.29, 1.82) is 0 Å². The van der Waals surface area contributed by atoms with Crippen molar-refractivity contribution in [3.8, 4) is 5.75 Å². The van der Waals surface area contributed by atoms with Crippen LogP contribution in [-0.4, -0.2) is 56.2 Å². The van der Waals surface area contributed by atoms with Gasteiger partial charge in [0.25, 0.3) is 0 Å². The number of nitrogens with zero attached hydrogens (tertiary/aromatic N) is 2. The minimum atomic E-state index is 0.409. The molecule has 0 amide bonds. The Morgan fingerprint density at radius 3 is 2.33 bits per heavy atom. The molecule has 1 aromatic rings. The van der Waals surface area contributed by atoms with Gasteiger partial charge in [-0.1, -0.05) is 0 Å². The number of hydrogen-bond donors (Lipinski definition) is 1. The van der Waals surface area contributed by atoms with E-state index in [-0.39, 0.29) is 0 Å². The van der Waals surface area contributed by atoms with Crippen molar-refractivity contribution < 1.29 is 4.74 Å². The Balaban J connectivity index is 1.65. The van der Waals surface area contributed by atoms with Gasteiger partial charge >= 0.3 is 0 Å². The molecule has 0 radical (unpaired) electrons. The minimum absolute atomic E-state index is 0.409. The van der Waals surface area contributed by atoms with Crippen molar-refractivity contribution in [2.24, 2.45) is 0 Å². The number of benzene rings is 1. The molecule has 4 heteroatoms. The maximum atomic E-state index is 5.74. The van der Waals surface area contributed by atoms with Crippen LogP contribution in [0.3, 0.4) is 0 Å². The third kappa shape index (κ3) is 4.35. The summed E-state index contributed by atoms with van der Waals surface area (Å²) in [5.41, 5.74) is 6.84. The molecule has 0 atom stereocenters. The van der Waals surface area contributed by atoms with Crippen LogP contribution in [0.15, 0.2) is 24.3 Å². The van der Waals surface area contributed by atoms with E-state index in [1.54, 1.807) is 0 Å². The third-order valence-corrected chi connectivity index (χ3v) is 4.63. The first kappa shape index (κ1) is 16.1. The summed E-state index contributed by atoms with van der Waals surface area (Å²) >= 11 is 0. The Morgan fingerprint density at radius 2 is 1.81 bits per heavy atom. The van der Waals surface area contributed by atoms with Crippen LogP contribution in [0.2, 0.25) is 0 Å². The smallest absolute Gasteiger partial charge is 0.119 e. The molecule has 0 heterocycles. The number of nitrogens with two attached hydrogens (primary N) is 1. The molecule has 0 aliphatic heterocycles. The molecule has 1 fully saturated rings. The SMILES string of the molecule is CN(CCCOc1ccc(N)cc1)CC1(N(C)C)CCC1. The zero-order valence-corrected chi connectivity index (χ0v) is 13.6. The first-order valence-electron chi connectivity index (χ1n) is 7.86. The van der Waals surface area contributed by atoms with Gasteiger partial charge in [-0.3, -0.25) is 0 Å². The Hall–Kier alpha value is -1.26. The lowest BCUT2D eigenvalue weighted by Crippen LogP contribution is -2.56. The predicted molar refractivity (Wildman–Crippen MR) is 88.7 cm³/mol. The number of nitrogen functional groups attached to an aromatic ring is 1. The largest absolute Gasteiger partial charge is 0.494 e. The highest BCUT2D eigenvalue weighted by molar-refractivity contribution is 5.41. The third-order valence-electron chi connectivity index (χ3n) is 4.63. The van der Waals surface area contributed by atoms with Crippen LogP contribution >= 0.6 is 0 Å². The first-order valence-corrected chi connectivity index (χ1v) is 7.86. The van der Waals surface area contributed by atoms with Gasteiger partial charge in [-0.2, -0.15) is 0 Å². The summed E-state index contributed by atoms with van der Waals surface area (Å²) < 4.78 is 5.74. The molecule has 0 aromatic heterocycles. The normalized spacial score (nSPS) is 17.0. The number of anilines is 1. The lowest BCUT2D eigenvalue weighted by Gasteiger charge is -2.49. The second kappa shape index (κ2) is 7.14. The van der Waals surface area contributed by atoms with Gasteiger partial charge in [0, 0.05) is 24.3 Å². The summed E-state index contributed by atoms with van der Waals surface area (Å²) in [6, 6.07) is 7.60. The van der Waals surface area contributed by atoms with Crippen LogP contribution in [0.1, 0.15) is 25.7 Å². The van der Waals surface area contributed by atoms with Crippen LogP contribution in [0.5, 0.6) is 5.75 Å². The van der Waals surface area contributed by atoms with E-state index < -0.39 is 0 Å². The van der Waals surface area contributed by atoms with Crippen molar-refractivity contribution in [3.05, 3.63) is 24.3 Å². The molecule has 1 aliphatic rings. The van der Waals surface area contributed by atoms with Gasteiger partial charge < -0.3 is 20.3 Å². The Morgan fingerprint density at radius 1 is 1.14 bits per heavy atom. The second-order valence-corrected chi connectivity index (χ2v) is 6.48. The molecule has 0 bridgehead atoms. The summed E-state index contributed by atoms with van der Waals surface area (Å²) in [7, 11) is 6.63. The van der Waals surface area contributed by atoms with Crippen molar-refractivity contribution in [2.45, 2.75) is 31.2 Å². The molecule has 2 rings (SSSR count). The molecule has 21 heavy (non-hydrogen) atoms. The standard InChI is InChI=1S/C17H29N3O/c1-19(2)17(10-4-11-17)14-20(3)12-5-13-21-16-8-6-15(18)7-9-16/h6-9H,4-5,10-14,18H2,1-3H3. The average Bonchev–Trinajstić information content (AvgIpc) is 2.40. The molecule has 0 unspecified atom stereocenters. The Bertz CT molecular complexity index is 426. The van der Waals surface area contributed by atoms with Gasteiger partial charge in [0.1, 0.15) is 5.75 Å². The van der Waals surface area contributed by atoms with Gasteiger partial charge in [0.05, 0.1) is 6.61 Å². The van der Waals surface area contributed by atoms with Crippen molar-refractivity contribution in [1.82, 2.24) is 9.80 Å². The van der Waals surface area contributed by atoms with Crippen LogP contribution in [0.25, 0.3) is 0 Å². The summed E-state index contributed by atoms with van der Waals surface area (Å²) in [5.74, 6) is 0.899. The molecule has 1 aromatic carbocycles. The summed E-state index contributed by atoms with van der Waals surface area (Å²) in [6.45, 7) is 2.98. The molecular formula is C17H29N3O. The molecule has 118 valence electrons. The van der Waals surface area contributed by atoms with Crippen LogP contribution in [0.4, 0.5) is 5.69 Å². The minimum Gasteiger partial charge on any atom is -0.494 e. The van der Waals surface area contributed by atoms with Gasteiger partial charge in [-0.05, 0) is 71.1 Å². The van der Waals surface area contributed by atoms with Gasteiger partial charge in [-0.25, -0.2) is 0 Å². The number of rotatable bonds is 8. The number of hydrogen-bond acceptors (Lipinski definition) is 4. The maximum absolute atomic E-state index is 5.74. The van der Waals surface area contributed by atoms with E-state index >= 15 is 0 Å². The fourth-order valence-corrected chi connectivity index (χ4v) is 3.00. The highest BCUT2D eigenvalue weighted by atomic mass is 16.5. The first-order chi connectivity index (χ1) is 10.0. The van der Waals surface area contributed by atoms with Crippen LogP contribution < -0.4 is 10.5 Å². The lowest BCUT2D eigenvalue weighted by molar-refractivity contribution is 0.0268. The number of likely N-dealkylation sites (N-methyl/N-ethyl adjacent to an activating group) is 2. The zero-order chi connectivity index (χ0) is 15.3. The van der Waals surface area contributed by atoms with E-state index in [1.165, 1.54) is 19.3 Å². The molecule has 2 N–H and O–H groups in total. The average molecular weight is 291 g/mol. The Labute approximate surface area is 128 Å². The van der Waals surface area contributed by atoms with Crippen LogP contribution in [0, 0.1) is 0 Å². The molecule has 1 aliphatic carbocycles. The fraction of sp³-hybridized carbons (Fsp3) is 0.647. The predicted octanol–water partition coefficient (Wildman–Crippen LogP) is 2.45. The zero-order valence-electron chi connectivity index (χ0n) is 13.6. The summed E-state index contributed by atoms with van der Waals surface area (Å²) in [4.78, 5) is 4.84. The van der Waals surface area contributed by atoms with Crippen molar-refractivity contribution in [3.63, 3.8) is 0 Å². The van der Waals surface area contributed by atoms with Crippen molar-refractivity contribution >= 4 is 5.69 Å². The quantitative estimate of drug-likeness (QED) is 0.590. The van der Waals surface area contributed by atoms with Crippen LogP contribution in [-0.2, 0) is 0 Å². The van der Waals surface area contributed by atoms with Crippen molar-refractivity contribution in [2.75, 3.05) is 46.6 Å². The molecule has 0 saturated heterocycles. The van der Waals surface area contributed by atoms with E-state index in [2.05, 4.69) is 30.9 Å². The van der Waals surface area contributed by atoms with E-state index in [1.807, 2.05) is 24.3 Å². The fourth-order valence-electron chi connectivity index (χ4n) is 3.00. The summed E-state index contributed by atoms with van der Waals surface area (Å²) in [6.07, 6.45) is 5.06.